The molecule has 3 rings (SSSR count). The van der Waals surface area contributed by atoms with Crippen LogP contribution in [0.5, 0.6) is 5.75 Å². The van der Waals surface area contributed by atoms with Crippen LogP contribution in [0.15, 0.2) is 76.7 Å². The maximum absolute atomic E-state index is 12.6. The third-order valence-corrected chi connectivity index (χ3v) is 5.81. The number of anilines is 2. The molecule has 3 aromatic carbocycles. The molecule has 0 radical (unpaired) electrons. The van der Waals surface area contributed by atoms with Gasteiger partial charge >= 0.3 is 0 Å². The molecule has 0 bridgehead atoms. The van der Waals surface area contributed by atoms with E-state index in [4.69, 9.17) is 16.3 Å². The van der Waals surface area contributed by atoms with Crippen molar-refractivity contribution in [3.63, 3.8) is 0 Å². The zero-order chi connectivity index (χ0) is 23.1. The lowest BCUT2D eigenvalue weighted by molar-refractivity contribution is -0.384. The number of nitro groups is 1. The Morgan fingerprint density at radius 2 is 1.84 bits per heavy atom. The van der Waals surface area contributed by atoms with E-state index in [-0.39, 0.29) is 16.3 Å². The van der Waals surface area contributed by atoms with Crippen LogP contribution in [0, 0.1) is 10.1 Å². The maximum Gasteiger partial charge on any atom is 0.295 e. The summed E-state index contributed by atoms with van der Waals surface area (Å²) < 4.78 is 33.1. The van der Waals surface area contributed by atoms with Gasteiger partial charge in [0.2, 0.25) is 0 Å². The minimum absolute atomic E-state index is 0.0329. The number of hydrazone groups is 1. The van der Waals surface area contributed by atoms with Crippen LogP contribution in [0.4, 0.5) is 17.1 Å². The molecule has 0 heterocycles. The summed E-state index contributed by atoms with van der Waals surface area (Å²) in [5.74, 6) is 0.616. The van der Waals surface area contributed by atoms with Crippen molar-refractivity contribution in [2.24, 2.45) is 5.10 Å². The molecule has 11 heteroatoms. The van der Waals surface area contributed by atoms with Crippen molar-refractivity contribution >= 4 is 44.9 Å². The number of nitrogens with zero attached hydrogens (tertiary/aromatic N) is 2. The fourth-order valence-electron chi connectivity index (χ4n) is 2.70. The average molecular weight is 475 g/mol. The van der Waals surface area contributed by atoms with E-state index in [0.29, 0.717) is 22.9 Å². The molecule has 0 saturated heterocycles. The van der Waals surface area contributed by atoms with Crippen LogP contribution in [-0.4, -0.2) is 26.2 Å². The highest BCUT2D eigenvalue weighted by molar-refractivity contribution is 7.92. The quantitative estimate of drug-likeness (QED) is 0.258. The summed E-state index contributed by atoms with van der Waals surface area (Å²) in [4.78, 5) is 10.6. The Bertz CT molecular complexity index is 1250. The summed E-state index contributed by atoms with van der Waals surface area (Å²) in [6.07, 6.45) is 1.46. The molecule has 3 aromatic rings. The van der Waals surface area contributed by atoms with Gasteiger partial charge in [0, 0.05) is 22.3 Å². The topological polar surface area (TPSA) is 123 Å². The van der Waals surface area contributed by atoms with E-state index in [9.17, 15) is 18.5 Å². The highest BCUT2D eigenvalue weighted by atomic mass is 35.5. The lowest BCUT2D eigenvalue weighted by Crippen LogP contribution is -2.13. The van der Waals surface area contributed by atoms with Crippen molar-refractivity contribution in [1.29, 1.82) is 0 Å². The monoisotopic (exact) mass is 474 g/mol. The number of para-hydroxylation sites is 1. The molecule has 0 fully saturated rings. The molecule has 2 N–H and O–H groups in total. The molecule has 9 nitrogen and oxygen atoms in total. The number of nitrogens with one attached hydrogen (secondary N) is 2. The zero-order valence-electron chi connectivity index (χ0n) is 16.9. The number of sulfonamides is 1. The minimum atomic E-state index is -4.05. The largest absolute Gasteiger partial charge is 0.493 e. The smallest absolute Gasteiger partial charge is 0.295 e. The fraction of sp³-hybridized carbons (Fsp3) is 0.0952. The number of ether oxygens (including phenoxy) is 1. The molecule has 0 atom stereocenters. The number of hydrogen-bond acceptors (Lipinski definition) is 7. The van der Waals surface area contributed by atoms with Gasteiger partial charge in [0.15, 0.2) is 0 Å². The number of halogens is 1. The Morgan fingerprint density at radius 3 is 2.53 bits per heavy atom. The SMILES string of the molecule is CCOc1ccccc1C=NNc1ccc(S(=O)(=O)Nc2ccc(Cl)cc2)cc1[N+](=O)[O-]. The van der Waals surface area contributed by atoms with E-state index >= 15 is 0 Å². The molecule has 166 valence electrons. The Balaban J connectivity index is 1.83. The standard InChI is InChI=1S/C21H19ClN4O5S/c1-2-31-21-6-4-3-5-15(21)14-23-24-19-12-11-18(13-20(19)26(27)28)32(29,30)25-17-9-7-16(22)8-10-17/h3-14,24-25H,2H2,1H3. The Kier molecular flexibility index (Phi) is 7.29. The maximum atomic E-state index is 12.6. The molecule has 0 aliphatic heterocycles. The Labute approximate surface area is 189 Å². The van der Waals surface area contributed by atoms with Crippen molar-refractivity contribution in [2.45, 2.75) is 11.8 Å². The summed E-state index contributed by atoms with van der Waals surface area (Å²) in [6.45, 7) is 2.33. The second-order valence-corrected chi connectivity index (χ2v) is 8.51. The molecular formula is C21H19ClN4O5S. The van der Waals surface area contributed by atoms with Crippen LogP contribution < -0.4 is 14.9 Å². The summed E-state index contributed by atoms with van der Waals surface area (Å²) in [5.41, 5.74) is 3.13. The minimum Gasteiger partial charge on any atom is -0.493 e. The lowest BCUT2D eigenvalue weighted by atomic mass is 10.2. The van der Waals surface area contributed by atoms with E-state index in [1.807, 2.05) is 13.0 Å². The molecule has 0 aromatic heterocycles. The van der Waals surface area contributed by atoms with Gasteiger partial charge < -0.3 is 4.74 Å². The molecular weight excluding hydrogens is 456 g/mol. The van der Waals surface area contributed by atoms with Gasteiger partial charge in [-0.3, -0.25) is 20.3 Å². The third-order valence-electron chi connectivity index (χ3n) is 4.18. The first kappa shape index (κ1) is 23.0. The van der Waals surface area contributed by atoms with E-state index in [1.165, 1.54) is 42.6 Å². The normalized spacial score (nSPS) is 11.3. The van der Waals surface area contributed by atoms with Crippen LogP contribution in [0.3, 0.4) is 0 Å². The van der Waals surface area contributed by atoms with Crippen LogP contribution >= 0.6 is 11.6 Å². The number of rotatable bonds is 9. The average Bonchev–Trinajstić information content (AvgIpc) is 2.76. The van der Waals surface area contributed by atoms with E-state index < -0.39 is 20.6 Å². The van der Waals surface area contributed by atoms with Gasteiger partial charge in [-0.15, -0.1) is 0 Å². The highest BCUT2D eigenvalue weighted by Crippen LogP contribution is 2.29. The molecule has 0 spiro atoms. The van der Waals surface area contributed by atoms with Crippen molar-refractivity contribution in [3.8, 4) is 5.75 Å². The van der Waals surface area contributed by atoms with E-state index in [0.717, 1.165) is 6.07 Å². The summed E-state index contributed by atoms with van der Waals surface area (Å²) in [6, 6.07) is 16.7. The van der Waals surface area contributed by atoms with E-state index in [1.54, 1.807) is 18.2 Å². The summed E-state index contributed by atoms with van der Waals surface area (Å²) in [5, 5.41) is 16.0. The van der Waals surface area contributed by atoms with Gasteiger partial charge in [-0.1, -0.05) is 23.7 Å². The van der Waals surface area contributed by atoms with Crippen molar-refractivity contribution in [1.82, 2.24) is 0 Å². The predicted octanol–water partition coefficient (Wildman–Crippen LogP) is 4.89. The lowest BCUT2D eigenvalue weighted by Gasteiger charge is -2.10. The first-order valence-corrected chi connectivity index (χ1v) is 11.2. The molecule has 0 amide bonds. The van der Waals surface area contributed by atoms with Gasteiger partial charge in [0.1, 0.15) is 11.4 Å². The fourth-order valence-corrected chi connectivity index (χ4v) is 3.91. The molecule has 0 aliphatic carbocycles. The second kappa shape index (κ2) is 10.1. The van der Waals surface area contributed by atoms with E-state index in [2.05, 4.69) is 15.2 Å². The molecule has 0 unspecified atom stereocenters. The molecule has 0 aliphatic rings. The van der Waals surface area contributed by atoms with Crippen LogP contribution in [0.25, 0.3) is 0 Å². The summed E-state index contributed by atoms with van der Waals surface area (Å²) in [7, 11) is -4.05. The van der Waals surface area contributed by atoms with Crippen LogP contribution in [-0.2, 0) is 10.0 Å². The predicted molar refractivity (Wildman–Crippen MR) is 124 cm³/mol. The van der Waals surface area contributed by atoms with Gasteiger partial charge in [-0.2, -0.15) is 5.10 Å². The van der Waals surface area contributed by atoms with Gasteiger partial charge in [-0.05, 0) is 55.5 Å². The van der Waals surface area contributed by atoms with Gasteiger partial charge in [0.25, 0.3) is 15.7 Å². The van der Waals surface area contributed by atoms with Crippen molar-refractivity contribution < 1.29 is 18.1 Å². The van der Waals surface area contributed by atoms with Gasteiger partial charge in [0.05, 0.1) is 22.6 Å². The second-order valence-electron chi connectivity index (χ2n) is 6.39. The molecule has 32 heavy (non-hydrogen) atoms. The summed E-state index contributed by atoms with van der Waals surface area (Å²) >= 11 is 5.80. The third kappa shape index (κ3) is 5.74. The Hall–Kier alpha value is -3.63. The van der Waals surface area contributed by atoms with Crippen molar-refractivity contribution in [2.75, 3.05) is 16.8 Å². The number of nitro benzene ring substituents is 1. The Morgan fingerprint density at radius 1 is 1.12 bits per heavy atom. The van der Waals surface area contributed by atoms with Crippen molar-refractivity contribution in [3.05, 3.63) is 87.4 Å². The first-order valence-electron chi connectivity index (χ1n) is 9.38. The number of benzene rings is 3. The van der Waals surface area contributed by atoms with Gasteiger partial charge in [-0.25, -0.2) is 8.42 Å². The number of hydrogen-bond donors (Lipinski definition) is 2. The highest BCUT2D eigenvalue weighted by Gasteiger charge is 2.21. The molecule has 0 saturated carbocycles. The first-order chi connectivity index (χ1) is 15.3. The van der Waals surface area contributed by atoms with Crippen LogP contribution in [0.1, 0.15) is 12.5 Å². The van der Waals surface area contributed by atoms with Crippen LogP contribution in [0.2, 0.25) is 5.02 Å². The zero-order valence-corrected chi connectivity index (χ0v) is 18.4.